The lowest BCUT2D eigenvalue weighted by atomic mass is 9.81. The van der Waals surface area contributed by atoms with E-state index in [1.165, 1.54) is 0 Å². The number of benzene rings is 1. The molecular weight excluding hydrogens is 471 g/mol. The minimum atomic E-state index is -4.54. The maximum absolute atomic E-state index is 12.6. The average molecular weight is 494 g/mol. The van der Waals surface area contributed by atoms with Crippen molar-refractivity contribution < 1.29 is 27.2 Å². The van der Waals surface area contributed by atoms with Gasteiger partial charge in [0, 0.05) is 29.1 Å². The minimum absolute atomic E-state index is 0.0307. The first kappa shape index (κ1) is 24.1. The number of halogens is 4. The molecule has 2 amide bonds. The summed E-state index contributed by atoms with van der Waals surface area (Å²) in [5, 5.41) is 7.17. The van der Waals surface area contributed by atoms with Crippen LogP contribution in [-0.2, 0) is 17.5 Å². The lowest BCUT2D eigenvalue weighted by Gasteiger charge is -2.27. The summed E-state index contributed by atoms with van der Waals surface area (Å²) in [5.74, 6) is 0.255. The number of rotatable bonds is 6. The molecule has 34 heavy (non-hydrogen) atoms. The van der Waals surface area contributed by atoms with Crippen LogP contribution in [0.25, 0.3) is 11.0 Å². The summed E-state index contributed by atoms with van der Waals surface area (Å²) in [6, 6.07) is 9.10. The van der Waals surface area contributed by atoms with E-state index >= 15 is 0 Å². The van der Waals surface area contributed by atoms with E-state index in [1.807, 2.05) is 6.07 Å². The van der Waals surface area contributed by atoms with Crippen LogP contribution in [0.15, 0.2) is 47.0 Å². The first-order chi connectivity index (χ1) is 16.2. The first-order valence-electron chi connectivity index (χ1n) is 11.0. The molecule has 10 heteroatoms. The van der Waals surface area contributed by atoms with E-state index in [-0.39, 0.29) is 23.3 Å². The van der Waals surface area contributed by atoms with Gasteiger partial charge in [0.25, 0.3) is 5.91 Å². The second-order valence-electron chi connectivity index (χ2n) is 8.47. The molecule has 2 N–H and O–H groups in total. The van der Waals surface area contributed by atoms with Gasteiger partial charge in [-0.2, -0.15) is 13.2 Å². The highest BCUT2D eigenvalue weighted by molar-refractivity contribution is 6.31. The number of amides is 2. The van der Waals surface area contributed by atoms with E-state index < -0.39 is 17.8 Å². The maximum atomic E-state index is 12.6. The van der Waals surface area contributed by atoms with Gasteiger partial charge in [0.05, 0.1) is 12.1 Å². The number of pyridine rings is 1. The highest BCUT2D eigenvalue weighted by atomic mass is 35.5. The summed E-state index contributed by atoms with van der Waals surface area (Å²) in [7, 11) is 0. The molecule has 0 saturated heterocycles. The van der Waals surface area contributed by atoms with Crippen LogP contribution in [0.5, 0.6) is 0 Å². The highest BCUT2D eigenvalue weighted by Crippen LogP contribution is 2.29. The monoisotopic (exact) mass is 493 g/mol. The van der Waals surface area contributed by atoms with Gasteiger partial charge in [-0.15, -0.1) is 0 Å². The SMILES string of the molecule is O=C(NC[C@H]1CC[C@H](C(=O)NCc2cc3cc(Cl)ccc3o2)CC1)c1ccc(C(F)(F)F)nc1. The Kier molecular flexibility index (Phi) is 7.11. The molecule has 0 atom stereocenters. The quantitative estimate of drug-likeness (QED) is 0.484. The number of carbonyl (C=O) groups excluding carboxylic acids is 2. The normalized spacial score (nSPS) is 18.6. The van der Waals surface area contributed by atoms with Crippen LogP contribution in [0.3, 0.4) is 0 Å². The summed E-state index contributed by atoms with van der Waals surface area (Å²) < 4.78 is 43.5. The number of hydrogen-bond acceptors (Lipinski definition) is 4. The van der Waals surface area contributed by atoms with Gasteiger partial charge in [0.15, 0.2) is 0 Å². The second-order valence-corrected chi connectivity index (χ2v) is 8.91. The highest BCUT2D eigenvalue weighted by Gasteiger charge is 2.32. The fourth-order valence-corrected chi connectivity index (χ4v) is 4.32. The zero-order valence-electron chi connectivity index (χ0n) is 18.1. The van der Waals surface area contributed by atoms with E-state index in [0.717, 1.165) is 36.6 Å². The van der Waals surface area contributed by atoms with Crippen LogP contribution in [0.2, 0.25) is 5.02 Å². The Bertz CT molecular complexity index is 1170. The van der Waals surface area contributed by atoms with E-state index in [0.29, 0.717) is 42.3 Å². The predicted molar refractivity (Wildman–Crippen MR) is 120 cm³/mol. The molecule has 0 spiro atoms. The Morgan fingerprint density at radius 1 is 1.06 bits per heavy atom. The Morgan fingerprint density at radius 2 is 1.82 bits per heavy atom. The largest absolute Gasteiger partial charge is 0.459 e. The number of nitrogens with one attached hydrogen (secondary N) is 2. The van der Waals surface area contributed by atoms with Crippen molar-refractivity contribution in [1.29, 1.82) is 0 Å². The van der Waals surface area contributed by atoms with E-state index in [4.69, 9.17) is 16.0 Å². The van der Waals surface area contributed by atoms with E-state index in [2.05, 4.69) is 15.6 Å². The summed E-state index contributed by atoms with van der Waals surface area (Å²) in [4.78, 5) is 28.1. The lowest BCUT2D eigenvalue weighted by Crippen LogP contribution is -2.36. The van der Waals surface area contributed by atoms with Crippen molar-refractivity contribution in [3.8, 4) is 0 Å². The van der Waals surface area contributed by atoms with Gasteiger partial charge < -0.3 is 15.1 Å². The zero-order chi connectivity index (χ0) is 24.3. The number of aromatic nitrogens is 1. The molecule has 1 aliphatic carbocycles. The third kappa shape index (κ3) is 5.88. The van der Waals surface area contributed by atoms with Crippen LogP contribution in [-0.4, -0.2) is 23.3 Å². The predicted octanol–water partition coefficient (Wildman–Crippen LogP) is 5.35. The van der Waals surface area contributed by atoms with Crippen LogP contribution in [0.4, 0.5) is 13.2 Å². The Morgan fingerprint density at radius 3 is 2.50 bits per heavy atom. The van der Waals surface area contributed by atoms with Crippen molar-refractivity contribution in [2.24, 2.45) is 11.8 Å². The number of alkyl halides is 3. The summed E-state index contributed by atoms with van der Waals surface area (Å²) >= 11 is 5.99. The summed E-state index contributed by atoms with van der Waals surface area (Å²) in [5.41, 5.74) is -0.248. The Balaban J connectivity index is 1.19. The lowest BCUT2D eigenvalue weighted by molar-refractivity contribution is -0.141. The molecule has 1 aromatic carbocycles. The van der Waals surface area contributed by atoms with Gasteiger partial charge in [-0.25, -0.2) is 0 Å². The Hall–Kier alpha value is -3.07. The summed E-state index contributed by atoms with van der Waals surface area (Å²) in [6.07, 6.45) is -0.677. The van der Waals surface area contributed by atoms with E-state index in [1.54, 1.807) is 18.2 Å². The van der Waals surface area contributed by atoms with Crippen LogP contribution in [0.1, 0.15) is 47.5 Å². The molecule has 6 nitrogen and oxygen atoms in total. The zero-order valence-corrected chi connectivity index (χ0v) is 18.9. The molecule has 0 bridgehead atoms. The molecular formula is C24H23ClF3N3O3. The van der Waals surface area contributed by atoms with Gasteiger partial charge in [-0.05, 0) is 68.0 Å². The van der Waals surface area contributed by atoms with Crippen molar-refractivity contribution in [3.63, 3.8) is 0 Å². The van der Waals surface area contributed by atoms with E-state index in [9.17, 15) is 22.8 Å². The summed E-state index contributed by atoms with van der Waals surface area (Å²) in [6.45, 7) is 0.692. The Labute approximate surface area is 198 Å². The second kappa shape index (κ2) is 10.0. The molecule has 2 aromatic heterocycles. The first-order valence-corrected chi connectivity index (χ1v) is 11.3. The number of fused-ring (bicyclic) bond motifs is 1. The molecule has 1 saturated carbocycles. The molecule has 0 radical (unpaired) electrons. The van der Waals surface area contributed by atoms with Crippen molar-refractivity contribution >= 4 is 34.4 Å². The molecule has 4 rings (SSSR count). The van der Waals surface area contributed by atoms with Crippen molar-refractivity contribution in [1.82, 2.24) is 15.6 Å². The molecule has 1 aliphatic rings. The van der Waals surface area contributed by atoms with Crippen LogP contribution >= 0.6 is 11.6 Å². The number of carbonyl (C=O) groups is 2. The third-order valence-electron chi connectivity index (χ3n) is 6.05. The van der Waals surface area contributed by atoms with Crippen molar-refractivity contribution in [3.05, 3.63) is 64.6 Å². The minimum Gasteiger partial charge on any atom is -0.459 e. The van der Waals surface area contributed by atoms with Gasteiger partial charge >= 0.3 is 6.18 Å². The number of nitrogens with zero attached hydrogens (tertiary/aromatic N) is 1. The van der Waals surface area contributed by atoms with Crippen molar-refractivity contribution in [2.45, 2.75) is 38.4 Å². The third-order valence-corrected chi connectivity index (χ3v) is 6.29. The molecule has 0 unspecified atom stereocenters. The van der Waals surface area contributed by atoms with Gasteiger partial charge in [0.1, 0.15) is 17.0 Å². The smallest absolute Gasteiger partial charge is 0.433 e. The molecule has 180 valence electrons. The number of furan rings is 1. The van der Waals surface area contributed by atoms with Crippen LogP contribution in [0, 0.1) is 11.8 Å². The molecule has 2 heterocycles. The van der Waals surface area contributed by atoms with Gasteiger partial charge in [-0.1, -0.05) is 11.6 Å². The average Bonchev–Trinajstić information content (AvgIpc) is 3.23. The van der Waals surface area contributed by atoms with Gasteiger partial charge in [0.2, 0.25) is 5.91 Å². The van der Waals surface area contributed by atoms with Crippen molar-refractivity contribution in [2.75, 3.05) is 6.54 Å². The molecule has 3 aromatic rings. The standard InChI is InChI=1S/C24H23ClF3N3O3/c25-18-6-7-20-17(9-18)10-19(34-20)13-31-22(32)15-3-1-14(2-4-15)11-30-23(33)16-5-8-21(29-12-16)24(26,27)28/h5-10,12,14-15H,1-4,11,13H2,(H,30,33)(H,31,32)/t14-,15-. The van der Waals surface area contributed by atoms with Crippen LogP contribution < -0.4 is 10.6 Å². The topological polar surface area (TPSA) is 84.2 Å². The number of hydrogen-bond donors (Lipinski definition) is 2. The fraction of sp³-hybridized carbons (Fsp3) is 0.375. The molecule has 0 aliphatic heterocycles. The fourth-order valence-electron chi connectivity index (χ4n) is 4.14. The molecule has 1 fully saturated rings. The van der Waals surface area contributed by atoms with Gasteiger partial charge in [-0.3, -0.25) is 14.6 Å². The maximum Gasteiger partial charge on any atom is 0.433 e.